The highest BCUT2D eigenvalue weighted by atomic mass is 19.1. The van der Waals surface area contributed by atoms with Crippen molar-refractivity contribution in [2.75, 3.05) is 6.54 Å². The van der Waals surface area contributed by atoms with Crippen LogP contribution >= 0.6 is 0 Å². The SMILES string of the molecule is C[C@H]1C[C@@H](C(=O)F)N(C(=O)OC(C)(C)C)C1. The van der Waals surface area contributed by atoms with E-state index >= 15 is 0 Å². The lowest BCUT2D eigenvalue weighted by Gasteiger charge is -2.26. The first-order valence-electron chi connectivity index (χ1n) is 5.39. The summed E-state index contributed by atoms with van der Waals surface area (Å²) in [5, 5.41) is 0. The Bertz CT molecular complexity index is 298. The number of carbonyl (C=O) groups is 2. The highest BCUT2D eigenvalue weighted by Crippen LogP contribution is 2.25. The lowest BCUT2D eigenvalue weighted by Crippen LogP contribution is -2.42. The van der Waals surface area contributed by atoms with Crippen LogP contribution in [0.4, 0.5) is 9.18 Å². The van der Waals surface area contributed by atoms with E-state index in [9.17, 15) is 14.0 Å². The van der Waals surface area contributed by atoms with Gasteiger partial charge < -0.3 is 4.74 Å². The molecule has 4 nitrogen and oxygen atoms in total. The largest absolute Gasteiger partial charge is 0.444 e. The predicted octanol–water partition coefficient (Wildman–Crippen LogP) is 2.13. The molecule has 0 radical (unpaired) electrons. The zero-order chi connectivity index (χ0) is 12.5. The molecule has 1 aliphatic heterocycles. The van der Waals surface area contributed by atoms with Gasteiger partial charge in [-0.1, -0.05) is 6.92 Å². The fourth-order valence-electron chi connectivity index (χ4n) is 1.78. The summed E-state index contributed by atoms with van der Waals surface area (Å²) in [7, 11) is 0. The molecular formula is C11H18FNO3. The molecule has 0 unspecified atom stereocenters. The lowest BCUT2D eigenvalue weighted by molar-refractivity contribution is -0.134. The molecule has 0 aromatic rings. The van der Waals surface area contributed by atoms with Crippen molar-refractivity contribution in [3.63, 3.8) is 0 Å². The van der Waals surface area contributed by atoms with Crippen molar-refractivity contribution in [3.8, 4) is 0 Å². The van der Waals surface area contributed by atoms with Crippen LogP contribution in [0.15, 0.2) is 0 Å². The van der Waals surface area contributed by atoms with Crippen molar-refractivity contribution in [2.45, 2.75) is 45.8 Å². The number of hydrogen-bond donors (Lipinski definition) is 0. The second-order valence-electron chi connectivity index (χ2n) is 5.29. The molecule has 5 heteroatoms. The second-order valence-corrected chi connectivity index (χ2v) is 5.29. The smallest absolute Gasteiger partial charge is 0.411 e. The van der Waals surface area contributed by atoms with Crippen LogP contribution < -0.4 is 0 Å². The van der Waals surface area contributed by atoms with Gasteiger partial charge >= 0.3 is 12.1 Å². The van der Waals surface area contributed by atoms with Crippen LogP contribution in [-0.4, -0.2) is 35.2 Å². The molecule has 1 rings (SSSR count). The van der Waals surface area contributed by atoms with Crippen molar-refractivity contribution < 1.29 is 18.7 Å². The zero-order valence-corrected chi connectivity index (χ0v) is 10.1. The number of carbonyl (C=O) groups excluding carboxylic acids is 2. The first-order valence-corrected chi connectivity index (χ1v) is 5.39. The van der Waals surface area contributed by atoms with E-state index in [0.29, 0.717) is 13.0 Å². The van der Waals surface area contributed by atoms with Crippen LogP contribution in [0.1, 0.15) is 34.1 Å². The number of halogens is 1. The number of nitrogens with zero attached hydrogens (tertiary/aromatic N) is 1. The van der Waals surface area contributed by atoms with Gasteiger partial charge in [0.25, 0.3) is 0 Å². The summed E-state index contributed by atoms with van der Waals surface area (Å²) in [5.74, 6) is 0.122. The molecule has 1 saturated heterocycles. The number of ether oxygens (including phenoxy) is 1. The molecule has 2 atom stereocenters. The van der Waals surface area contributed by atoms with Gasteiger partial charge in [0.1, 0.15) is 11.6 Å². The Hall–Kier alpha value is -1.13. The summed E-state index contributed by atoms with van der Waals surface area (Å²) in [4.78, 5) is 23.6. The highest BCUT2D eigenvalue weighted by molar-refractivity contribution is 5.81. The van der Waals surface area contributed by atoms with Crippen LogP contribution in [0.2, 0.25) is 0 Å². The fourth-order valence-corrected chi connectivity index (χ4v) is 1.78. The maximum Gasteiger partial charge on any atom is 0.411 e. The van der Waals surface area contributed by atoms with Gasteiger partial charge in [-0.05, 0) is 33.1 Å². The van der Waals surface area contributed by atoms with Crippen molar-refractivity contribution in [1.82, 2.24) is 4.90 Å². The molecule has 0 saturated carbocycles. The Morgan fingerprint density at radius 2 is 1.94 bits per heavy atom. The maximum absolute atomic E-state index is 12.7. The summed E-state index contributed by atoms with van der Waals surface area (Å²) in [6.07, 6.45) is -0.248. The molecule has 0 spiro atoms. The fraction of sp³-hybridized carbons (Fsp3) is 0.818. The average Bonchev–Trinajstić information content (AvgIpc) is 2.44. The van der Waals surface area contributed by atoms with E-state index in [0.717, 1.165) is 0 Å². The van der Waals surface area contributed by atoms with Gasteiger partial charge in [-0.2, -0.15) is 4.39 Å². The Morgan fingerprint density at radius 1 is 1.38 bits per heavy atom. The van der Waals surface area contributed by atoms with Crippen LogP contribution in [0, 0.1) is 5.92 Å². The van der Waals surface area contributed by atoms with Gasteiger partial charge in [-0.15, -0.1) is 0 Å². The zero-order valence-electron chi connectivity index (χ0n) is 10.1. The molecule has 0 bridgehead atoms. The lowest BCUT2D eigenvalue weighted by atomic mass is 10.1. The standard InChI is InChI=1S/C11H18FNO3/c1-7-5-8(9(12)14)13(6-7)10(15)16-11(2,3)4/h7-8H,5-6H2,1-4H3/t7-,8-/m0/s1. The Labute approximate surface area is 94.7 Å². The first kappa shape index (κ1) is 12.9. The number of hydrogen-bond acceptors (Lipinski definition) is 3. The molecule has 0 aromatic carbocycles. The van der Waals surface area contributed by atoms with E-state index in [1.54, 1.807) is 20.8 Å². The first-order chi connectivity index (χ1) is 7.20. The van der Waals surface area contributed by atoms with Crippen molar-refractivity contribution >= 4 is 12.1 Å². The van der Waals surface area contributed by atoms with Gasteiger partial charge in [0.15, 0.2) is 0 Å². The molecule has 16 heavy (non-hydrogen) atoms. The number of amides is 1. The van der Waals surface area contributed by atoms with Crippen LogP contribution in [0.5, 0.6) is 0 Å². The second kappa shape index (κ2) is 4.39. The van der Waals surface area contributed by atoms with E-state index < -0.39 is 23.8 Å². The summed E-state index contributed by atoms with van der Waals surface area (Å²) >= 11 is 0. The number of likely N-dealkylation sites (tertiary alicyclic amines) is 1. The summed E-state index contributed by atoms with van der Waals surface area (Å²) < 4.78 is 17.9. The highest BCUT2D eigenvalue weighted by Gasteiger charge is 2.39. The predicted molar refractivity (Wildman–Crippen MR) is 56.6 cm³/mol. The minimum atomic E-state index is -1.46. The minimum Gasteiger partial charge on any atom is -0.444 e. The molecule has 0 aromatic heterocycles. The van der Waals surface area contributed by atoms with Gasteiger partial charge in [0, 0.05) is 6.54 Å². The molecule has 1 amide bonds. The van der Waals surface area contributed by atoms with E-state index in [-0.39, 0.29) is 5.92 Å². The van der Waals surface area contributed by atoms with E-state index in [2.05, 4.69) is 0 Å². The van der Waals surface area contributed by atoms with Crippen LogP contribution in [-0.2, 0) is 9.53 Å². The van der Waals surface area contributed by atoms with E-state index in [4.69, 9.17) is 4.74 Å². The quantitative estimate of drug-likeness (QED) is 0.649. The van der Waals surface area contributed by atoms with Gasteiger partial charge in [-0.3, -0.25) is 9.69 Å². The van der Waals surface area contributed by atoms with Crippen LogP contribution in [0.25, 0.3) is 0 Å². The molecule has 0 aliphatic carbocycles. The molecule has 92 valence electrons. The van der Waals surface area contributed by atoms with Crippen molar-refractivity contribution in [1.29, 1.82) is 0 Å². The monoisotopic (exact) mass is 231 g/mol. The summed E-state index contributed by atoms with van der Waals surface area (Å²) in [5.41, 5.74) is -0.632. The average molecular weight is 231 g/mol. The van der Waals surface area contributed by atoms with Gasteiger partial charge in [-0.25, -0.2) is 4.79 Å². The third-order valence-electron chi connectivity index (χ3n) is 2.40. The van der Waals surface area contributed by atoms with Crippen molar-refractivity contribution in [2.24, 2.45) is 5.92 Å². The summed E-state index contributed by atoms with van der Waals surface area (Å²) in [6.45, 7) is 7.44. The molecule has 1 heterocycles. The third kappa shape index (κ3) is 3.18. The Morgan fingerprint density at radius 3 is 2.38 bits per heavy atom. The molecule has 0 N–H and O–H groups in total. The summed E-state index contributed by atoms with van der Waals surface area (Å²) in [6, 6.07) is -2.43. The normalized spacial score (nSPS) is 25.7. The maximum atomic E-state index is 12.7. The number of rotatable bonds is 1. The van der Waals surface area contributed by atoms with Gasteiger partial charge in [0.2, 0.25) is 0 Å². The van der Waals surface area contributed by atoms with E-state index in [1.165, 1.54) is 4.90 Å². The molecule has 1 fully saturated rings. The minimum absolute atomic E-state index is 0.122. The van der Waals surface area contributed by atoms with Crippen LogP contribution in [0.3, 0.4) is 0 Å². The van der Waals surface area contributed by atoms with Crippen molar-refractivity contribution in [3.05, 3.63) is 0 Å². The third-order valence-corrected chi connectivity index (χ3v) is 2.40. The Balaban J connectivity index is 2.71. The topological polar surface area (TPSA) is 46.6 Å². The van der Waals surface area contributed by atoms with Gasteiger partial charge in [0.05, 0.1) is 0 Å². The van der Waals surface area contributed by atoms with E-state index in [1.807, 2.05) is 6.92 Å². The Kier molecular flexibility index (Phi) is 3.55. The molecular weight excluding hydrogens is 213 g/mol. The molecule has 1 aliphatic rings.